The molecule has 110 valence electrons. The van der Waals surface area contributed by atoms with Gasteiger partial charge in [-0.3, -0.25) is 0 Å². The van der Waals surface area contributed by atoms with E-state index in [1.54, 1.807) is 6.33 Å². The fourth-order valence-electron chi connectivity index (χ4n) is 1.98. The molecule has 0 aliphatic heterocycles. The summed E-state index contributed by atoms with van der Waals surface area (Å²) in [6, 6.07) is 6.10. The molecule has 0 spiro atoms. The number of halogens is 1. The maximum atomic E-state index is 5.83. The topological polar surface area (TPSA) is 39.9 Å². The summed E-state index contributed by atoms with van der Waals surface area (Å²) < 4.78 is 7.69. The van der Waals surface area contributed by atoms with Crippen LogP contribution in [0.25, 0.3) is 0 Å². The number of hydrogen-bond donors (Lipinski definition) is 0. The van der Waals surface area contributed by atoms with Crippen LogP contribution in [-0.4, -0.2) is 20.6 Å². The van der Waals surface area contributed by atoms with Gasteiger partial charge in [0.15, 0.2) is 5.82 Å². The van der Waals surface area contributed by atoms with E-state index in [1.807, 2.05) is 29.8 Å². The molecule has 1 aromatic heterocycles. The second-order valence-corrected chi connectivity index (χ2v) is 5.19. The first kappa shape index (κ1) is 15.4. The van der Waals surface area contributed by atoms with Crippen molar-refractivity contribution < 1.29 is 4.74 Å². The van der Waals surface area contributed by atoms with Crippen molar-refractivity contribution in [3.8, 4) is 17.6 Å². The predicted molar refractivity (Wildman–Crippen MR) is 83.5 cm³/mol. The van der Waals surface area contributed by atoms with Crippen molar-refractivity contribution in [1.82, 2.24) is 14.8 Å². The van der Waals surface area contributed by atoms with Crippen molar-refractivity contribution in [3.63, 3.8) is 0 Å². The van der Waals surface area contributed by atoms with Crippen LogP contribution >= 0.6 is 11.6 Å². The average molecular weight is 304 g/mol. The Balaban J connectivity index is 2.08. The Morgan fingerprint density at radius 2 is 2.19 bits per heavy atom. The summed E-state index contributed by atoms with van der Waals surface area (Å²) in [5.74, 6) is 7.81. The standard InChI is InChI=1S/C16H18ClN3O/c1-12(2)20-16(18-11-19-20)10-21-15-7-6-14(5-4-8-17)9-13(15)3/h6-7,9,11-12H,8,10H2,1-3H3. The molecule has 0 saturated heterocycles. The summed E-state index contributed by atoms with van der Waals surface area (Å²) in [7, 11) is 0. The number of benzene rings is 1. The number of aromatic nitrogens is 3. The third kappa shape index (κ3) is 3.99. The maximum Gasteiger partial charge on any atom is 0.165 e. The number of rotatable bonds is 4. The minimum Gasteiger partial charge on any atom is -0.485 e. The van der Waals surface area contributed by atoms with E-state index in [-0.39, 0.29) is 6.04 Å². The van der Waals surface area contributed by atoms with Crippen LogP contribution < -0.4 is 4.74 Å². The third-order valence-electron chi connectivity index (χ3n) is 2.97. The van der Waals surface area contributed by atoms with Crippen LogP contribution in [0, 0.1) is 18.8 Å². The highest BCUT2D eigenvalue weighted by atomic mass is 35.5. The van der Waals surface area contributed by atoms with Gasteiger partial charge in [0.05, 0.1) is 5.88 Å². The monoisotopic (exact) mass is 303 g/mol. The van der Waals surface area contributed by atoms with E-state index in [1.165, 1.54) is 0 Å². The molecule has 2 aromatic rings. The zero-order valence-corrected chi connectivity index (χ0v) is 13.2. The Labute approximate surface area is 130 Å². The van der Waals surface area contributed by atoms with Gasteiger partial charge in [0, 0.05) is 11.6 Å². The summed E-state index contributed by atoms with van der Waals surface area (Å²) in [6.07, 6.45) is 1.55. The fourth-order valence-corrected chi connectivity index (χ4v) is 2.04. The Hall–Kier alpha value is -1.99. The number of nitrogens with zero attached hydrogens (tertiary/aromatic N) is 3. The minimum atomic E-state index is 0.264. The number of aryl methyl sites for hydroxylation is 1. The molecular formula is C16H18ClN3O. The van der Waals surface area contributed by atoms with Crippen LogP contribution in [0.4, 0.5) is 0 Å². The molecule has 1 heterocycles. The molecule has 0 atom stereocenters. The molecule has 0 unspecified atom stereocenters. The van der Waals surface area contributed by atoms with Crippen molar-refractivity contribution in [2.75, 3.05) is 5.88 Å². The van der Waals surface area contributed by atoms with Crippen LogP contribution in [0.5, 0.6) is 5.75 Å². The molecule has 0 bridgehead atoms. The quantitative estimate of drug-likeness (QED) is 0.642. The summed E-state index contributed by atoms with van der Waals surface area (Å²) in [5.41, 5.74) is 1.97. The Morgan fingerprint density at radius 1 is 1.38 bits per heavy atom. The van der Waals surface area contributed by atoms with Crippen molar-refractivity contribution in [1.29, 1.82) is 0 Å². The SMILES string of the molecule is Cc1cc(C#CCCl)ccc1OCc1ncnn1C(C)C. The van der Waals surface area contributed by atoms with E-state index in [0.717, 1.165) is 22.7 Å². The van der Waals surface area contributed by atoms with Gasteiger partial charge in [-0.05, 0) is 44.5 Å². The first-order valence-corrected chi connectivity index (χ1v) is 7.32. The third-order valence-corrected chi connectivity index (χ3v) is 3.10. The van der Waals surface area contributed by atoms with E-state index in [9.17, 15) is 0 Å². The smallest absolute Gasteiger partial charge is 0.165 e. The normalized spacial score (nSPS) is 10.3. The lowest BCUT2D eigenvalue weighted by atomic mass is 10.1. The average Bonchev–Trinajstić information content (AvgIpc) is 2.92. The highest BCUT2D eigenvalue weighted by Gasteiger charge is 2.09. The first-order valence-electron chi connectivity index (χ1n) is 6.78. The van der Waals surface area contributed by atoms with Gasteiger partial charge < -0.3 is 4.74 Å². The number of hydrogen-bond acceptors (Lipinski definition) is 3. The van der Waals surface area contributed by atoms with E-state index in [2.05, 4.69) is 35.8 Å². The van der Waals surface area contributed by atoms with Gasteiger partial charge in [0.2, 0.25) is 0 Å². The molecule has 0 aliphatic carbocycles. The van der Waals surface area contributed by atoms with Crippen LogP contribution in [0.2, 0.25) is 0 Å². The van der Waals surface area contributed by atoms with Crippen LogP contribution in [0.15, 0.2) is 24.5 Å². The Kier molecular flexibility index (Phi) is 5.24. The van der Waals surface area contributed by atoms with Gasteiger partial charge in [-0.1, -0.05) is 11.8 Å². The largest absolute Gasteiger partial charge is 0.485 e. The van der Waals surface area contributed by atoms with Gasteiger partial charge in [-0.2, -0.15) is 5.10 Å². The summed E-state index contributed by atoms with van der Waals surface area (Å²) >= 11 is 5.56. The van der Waals surface area contributed by atoms with Crippen LogP contribution in [0.3, 0.4) is 0 Å². The molecule has 0 saturated carbocycles. The van der Waals surface area contributed by atoms with E-state index in [0.29, 0.717) is 12.5 Å². The summed E-state index contributed by atoms with van der Waals surface area (Å²) in [6.45, 7) is 6.52. The lowest BCUT2D eigenvalue weighted by molar-refractivity contribution is 0.280. The zero-order valence-electron chi connectivity index (χ0n) is 12.4. The van der Waals surface area contributed by atoms with Gasteiger partial charge in [0.1, 0.15) is 18.7 Å². The summed E-state index contributed by atoms with van der Waals surface area (Å²) in [4.78, 5) is 4.23. The van der Waals surface area contributed by atoms with Crippen LogP contribution in [0.1, 0.15) is 36.8 Å². The molecule has 0 fully saturated rings. The molecule has 2 rings (SSSR count). The molecule has 0 amide bonds. The predicted octanol–water partition coefficient (Wildman–Crippen LogP) is 3.34. The molecule has 1 aromatic carbocycles. The van der Waals surface area contributed by atoms with Crippen LogP contribution in [-0.2, 0) is 6.61 Å². The van der Waals surface area contributed by atoms with Crippen molar-refractivity contribution in [3.05, 3.63) is 41.5 Å². The highest BCUT2D eigenvalue weighted by molar-refractivity contribution is 6.19. The van der Waals surface area contributed by atoms with Crippen molar-refractivity contribution >= 4 is 11.6 Å². The molecule has 0 N–H and O–H groups in total. The number of ether oxygens (including phenoxy) is 1. The van der Waals surface area contributed by atoms with Gasteiger partial charge in [-0.15, -0.1) is 11.6 Å². The molecule has 5 heteroatoms. The summed E-state index contributed by atoms with van der Waals surface area (Å²) in [5, 5.41) is 4.19. The second-order valence-electron chi connectivity index (χ2n) is 4.92. The van der Waals surface area contributed by atoms with Crippen molar-refractivity contribution in [2.45, 2.75) is 33.4 Å². The highest BCUT2D eigenvalue weighted by Crippen LogP contribution is 2.20. The first-order chi connectivity index (χ1) is 10.1. The Bertz CT molecular complexity index is 668. The second kappa shape index (κ2) is 7.14. The molecule has 0 radical (unpaired) electrons. The van der Waals surface area contributed by atoms with Gasteiger partial charge in [0.25, 0.3) is 0 Å². The van der Waals surface area contributed by atoms with Gasteiger partial charge in [-0.25, -0.2) is 9.67 Å². The molecule has 0 aliphatic rings. The zero-order chi connectivity index (χ0) is 15.2. The fraction of sp³-hybridized carbons (Fsp3) is 0.375. The van der Waals surface area contributed by atoms with Gasteiger partial charge >= 0.3 is 0 Å². The number of alkyl halides is 1. The van der Waals surface area contributed by atoms with Crippen molar-refractivity contribution in [2.24, 2.45) is 0 Å². The Morgan fingerprint density at radius 3 is 2.86 bits per heavy atom. The van der Waals surface area contributed by atoms with E-state index < -0.39 is 0 Å². The molecular weight excluding hydrogens is 286 g/mol. The lowest BCUT2D eigenvalue weighted by Gasteiger charge is -2.12. The molecule has 21 heavy (non-hydrogen) atoms. The van der Waals surface area contributed by atoms with E-state index >= 15 is 0 Å². The molecule has 4 nitrogen and oxygen atoms in total. The maximum absolute atomic E-state index is 5.83. The van der Waals surface area contributed by atoms with E-state index in [4.69, 9.17) is 16.3 Å². The lowest BCUT2D eigenvalue weighted by Crippen LogP contribution is -2.11. The minimum absolute atomic E-state index is 0.264.